The molecule has 6 heteroatoms. The molecule has 0 atom stereocenters. The zero-order chi connectivity index (χ0) is 14.1. The Morgan fingerprint density at radius 3 is 2.70 bits per heavy atom. The van der Waals surface area contributed by atoms with Crippen molar-refractivity contribution in [1.29, 1.82) is 0 Å². The van der Waals surface area contributed by atoms with Crippen molar-refractivity contribution in [3.63, 3.8) is 0 Å². The van der Waals surface area contributed by atoms with E-state index in [4.69, 9.17) is 11.6 Å². The van der Waals surface area contributed by atoms with E-state index in [9.17, 15) is 4.79 Å². The van der Waals surface area contributed by atoms with Crippen molar-refractivity contribution in [2.75, 3.05) is 0 Å². The summed E-state index contributed by atoms with van der Waals surface area (Å²) in [6.45, 7) is 1.85. The monoisotopic (exact) mass is 303 g/mol. The molecule has 0 bridgehead atoms. The first-order valence-electron chi connectivity index (χ1n) is 5.90. The molecule has 0 spiro atoms. The van der Waals surface area contributed by atoms with Crippen molar-refractivity contribution in [2.24, 2.45) is 0 Å². The maximum Gasteiger partial charge on any atom is 0.211 e. The molecule has 2 aromatic heterocycles. The highest BCUT2D eigenvalue weighted by atomic mass is 35.5. The predicted octanol–water partition coefficient (Wildman–Crippen LogP) is 3.77. The fraction of sp³-hybridized carbons (Fsp3) is 0.0714. The van der Waals surface area contributed by atoms with Gasteiger partial charge in [0.25, 0.3) is 0 Å². The van der Waals surface area contributed by atoms with Gasteiger partial charge in [0.2, 0.25) is 5.13 Å². The maximum atomic E-state index is 10.8. The van der Waals surface area contributed by atoms with Crippen LogP contribution in [0.15, 0.2) is 35.8 Å². The first-order chi connectivity index (χ1) is 9.69. The Bertz CT molecular complexity index is 761. The third-order valence-corrected chi connectivity index (χ3v) is 4.06. The van der Waals surface area contributed by atoms with Crippen molar-refractivity contribution < 1.29 is 4.79 Å². The number of carbonyl (C=O) groups is 1. The number of hydrogen-bond acceptors (Lipinski definition) is 4. The summed E-state index contributed by atoms with van der Waals surface area (Å²) in [6, 6.07) is 7.51. The summed E-state index contributed by atoms with van der Waals surface area (Å²) in [7, 11) is 0. The molecule has 0 aliphatic heterocycles. The minimum absolute atomic E-state index is 0.577. The molecule has 20 heavy (non-hydrogen) atoms. The minimum Gasteiger partial charge on any atom is -0.298 e. The smallest absolute Gasteiger partial charge is 0.211 e. The SMILES string of the molecule is Cc1c(C=O)cnn1-c1nc(-c2ccc(Cl)cc2)cs1. The Balaban J connectivity index is 1.99. The second-order valence-corrected chi connectivity index (χ2v) is 5.51. The summed E-state index contributed by atoms with van der Waals surface area (Å²) in [5.74, 6) is 0. The second-order valence-electron chi connectivity index (χ2n) is 4.24. The Morgan fingerprint density at radius 2 is 2.05 bits per heavy atom. The normalized spacial score (nSPS) is 10.7. The van der Waals surface area contributed by atoms with Crippen molar-refractivity contribution in [3.8, 4) is 16.4 Å². The highest BCUT2D eigenvalue weighted by Crippen LogP contribution is 2.26. The number of nitrogens with zero attached hydrogens (tertiary/aromatic N) is 3. The van der Waals surface area contributed by atoms with Gasteiger partial charge in [0.05, 0.1) is 23.1 Å². The number of hydrogen-bond donors (Lipinski definition) is 0. The molecule has 0 N–H and O–H groups in total. The van der Waals surface area contributed by atoms with Crippen LogP contribution in [0.1, 0.15) is 16.1 Å². The molecule has 100 valence electrons. The van der Waals surface area contributed by atoms with E-state index in [2.05, 4.69) is 10.1 Å². The van der Waals surface area contributed by atoms with Gasteiger partial charge >= 0.3 is 0 Å². The zero-order valence-corrected chi connectivity index (χ0v) is 12.1. The summed E-state index contributed by atoms with van der Waals surface area (Å²) in [5.41, 5.74) is 3.23. The molecule has 0 aliphatic rings. The van der Waals surface area contributed by atoms with Crippen LogP contribution in [0.5, 0.6) is 0 Å². The highest BCUT2D eigenvalue weighted by molar-refractivity contribution is 7.12. The number of halogens is 1. The molecular formula is C14H10ClN3OS. The van der Waals surface area contributed by atoms with Crippen LogP contribution in [-0.4, -0.2) is 21.1 Å². The summed E-state index contributed by atoms with van der Waals surface area (Å²) in [4.78, 5) is 15.4. The molecule has 3 aromatic rings. The lowest BCUT2D eigenvalue weighted by atomic mass is 10.2. The third kappa shape index (κ3) is 2.26. The van der Waals surface area contributed by atoms with Crippen LogP contribution in [0.3, 0.4) is 0 Å². The van der Waals surface area contributed by atoms with Gasteiger partial charge in [-0.3, -0.25) is 4.79 Å². The van der Waals surface area contributed by atoms with Gasteiger partial charge in [-0.2, -0.15) is 5.10 Å². The Kier molecular flexibility index (Phi) is 3.38. The van der Waals surface area contributed by atoms with E-state index < -0.39 is 0 Å². The Labute approximate surface area is 124 Å². The van der Waals surface area contributed by atoms with E-state index in [1.54, 1.807) is 10.9 Å². The van der Waals surface area contributed by atoms with Gasteiger partial charge in [-0.25, -0.2) is 9.67 Å². The molecule has 0 saturated carbocycles. The molecule has 0 fully saturated rings. The molecule has 4 nitrogen and oxygen atoms in total. The number of aromatic nitrogens is 3. The topological polar surface area (TPSA) is 47.8 Å². The summed E-state index contributed by atoms with van der Waals surface area (Å²) in [6.07, 6.45) is 2.35. The Morgan fingerprint density at radius 1 is 1.30 bits per heavy atom. The quantitative estimate of drug-likeness (QED) is 0.692. The number of carbonyl (C=O) groups excluding carboxylic acids is 1. The fourth-order valence-electron chi connectivity index (χ4n) is 1.85. The summed E-state index contributed by atoms with van der Waals surface area (Å²) >= 11 is 7.35. The molecular weight excluding hydrogens is 294 g/mol. The van der Waals surface area contributed by atoms with Crippen LogP contribution in [0, 0.1) is 6.92 Å². The van der Waals surface area contributed by atoms with Crippen molar-refractivity contribution in [1.82, 2.24) is 14.8 Å². The number of thiazole rings is 1. The molecule has 0 radical (unpaired) electrons. The van der Waals surface area contributed by atoms with Gasteiger partial charge in [-0.15, -0.1) is 11.3 Å². The molecule has 1 aromatic carbocycles. The Hall–Kier alpha value is -1.98. The summed E-state index contributed by atoms with van der Waals surface area (Å²) in [5, 5.41) is 7.58. The van der Waals surface area contributed by atoms with E-state index in [1.807, 2.05) is 36.6 Å². The average Bonchev–Trinajstić information content (AvgIpc) is 3.06. The summed E-state index contributed by atoms with van der Waals surface area (Å²) < 4.78 is 1.67. The molecule has 0 aliphatic carbocycles. The maximum absolute atomic E-state index is 10.8. The minimum atomic E-state index is 0.577. The van der Waals surface area contributed by atoms with Crippen molar-refractivity contribution in [3.05, 3.63) is 52.1 Å². The lowest BCUT2D eigenvalue weighted by Crippen LogP contribution is -1.98. The van der Waals surface area contributed by atoms with Gasteiger partial charge in [-0.05, 0) is 19.1 Å². The van der Waals surface area contributed by atoms with Gasteiger partial charge in [0, 0.05) is 16.0 Å². The van der Waals surface area contributed by atoms with E-state index in [1.165, 1.54) is 11.3 Å². The van der Waals surface area contributed by atoms with Gasteiger partial charge in [0.15, 0.2) is 6.29 Å². The first-order valence-corrected chi connectivity index (χ1v) is 7.16. The van der Waals surface area contributed by atoms with E-state index in [0.29, 0.717) is 10.6 Å². The van der Waals surface area contributed by atoms with E-state index >= 15 is 0 Å². The van der Waals surface area contributed by atoms with Crippen LogP contribution >= 0.6 is 22.9 Å². The van der Waals surface area contributed by atoms with E-state index in [0.717, 1.165) is 28.4 Å². The lowest BCUT2D eigenvalue weighted by Gasteiger charge is -1.99. The van der Waals surface area contributed by atoms with Crippen LogP contribution in [0.4, 0.5) is 0 Å². The molecule has 2 heterocycles. The standard InChI is InChI=1S/C14H10ClN3OS/c1-9-11(7-19)6-16-18(9)14-17-13(8-20-14)10-2-4-12(15)5-3-10/h2-8H,1H3. The van der Waals surface area contributed by atoms with Gasteiger partial charge in [0.1, 0.15) is 0 Å². The molecule has 3 rings (SSSR count). The molecule has 0 unspecified atom stereocenters. The lowest BCUT2D eigenvalue weighted by molar-refractivity contribution is 0.112. The number of benzene rings is 1. The fourth-order valence-corrected chi connectivity index (χ4v) is 2.81. The van der Waals surface area contributed by atoms with Gasteiger partial charge in [-0.1, -0.05) is 23.7 Å². The van der Waals surface area contributed by atoms with Crippen molar-refractivity contribution in [2.45, 2.75) is 6.92 Å². The predicted molar refractivity (Wildman–Crippen MR) is 79.8 cm³/mol. The average molecular weight is 304 g/mol. The third-order valence-electron chi connectivity index (χ3n) is 2.99. The largest absolute Gasteiger partial charge is 0.298 e. The molecule has 0 saturated heterocycles. The first kappa shape index (κ1) is 13.0. The van der Waals surface area contributed by atoms with E-state index in [-0.39, 0.29) is 0 Å². The molecule has 0 amide bonds. The zero-order valence-electron chi connectivity index (χ0n) is 10.6. The van der Waals surface area contributed by atoms with Gasteiger partial charge < -0.3 is 0 Å². The highest BCUT2D eigenvalue weighted by Gasteiger charge is 2.11. The van der Waals surface area contributed by atoms with Crippen LogP contribution in [0.25, 0.3) is 16.4 Å². The second kappa shape index (κ2) is 5.19. The van der Waals surface area contributed by atoms with Crippen LogP contribution in [0.2, 0.25) is 5.02 Å². The number of aldehydes is 1. The van der Waals surface area contributed by atoms with Crippen LogP contribution < -0.4 is 0 Å². The number of rotatable bonds is 3. The van der Waals surface area contributed by atoms with Crippen LogP contribution in [-0.2, 0) is 0 Å². The van der Waals surface area contributed by atoms with Crippen molar-refractivity contribution >= 4 is 29.2 Å².